The van der Waals surface area contributed by atoms with Crippen LogP contribution in [0.1, 0.15) is 56.3 Å². The smallest absolute Gasteiger partial charge is 0.340 e. The maximum Gasteiger partial charge on any atom is 0.340 e. The molecule has 0 aliphatic carbocycles. The fraction of sp³-hybridized carbons (Fsp3) is 0.316. The van der Waals surface area contributed by atoms with Crippen LogP contribution < -0.4 is 0 Å². The Morgan fingerprint density at radius 3 is 2.32 bits per heavy atom. The number of ketones is 1. The Morgan fingerprint density at radius 1 is 1.08 bits per heavy atom. The molecule has 6 nitrogen and oxygen atoms in total. The summed E-state index contributed by atoms with van der Waals surface area (Å²) in [5, 5.41) is 0. The second-order valence-corrected chi connectivity index (χ2v) is 5.62. The lowest BCUT2D eigenvalue weighted by Gasteiger charge is -2.12. The average Bonchev–Trinajstić information content (AvgIpc) is 2.89. The van der Waals surface area contributed by atoms with E-state index in [9.17, 15) is 14.4 Å². The fourth-order valence-corrected chi connectivity index (χ4v) is 2.57. The van der Waals surface area contributed by atoms with Gasteiger partial charge in [0, 0.05) is 5.69 Å². The molecule has 1 heterocycles. The summed E-state index contributed by atoms with van der Waals surface area (Å²) in [5.74, 6) is -1.46. The standard InChI is InChI=1S/C19H21NO5/c1-5-24-19(23)15-11(2)16(20-12(15)3)17(21)13(4)25-18(22)14-9-7-6-8-10-14/h6-10,13,20H,5H2,1-4H3/t13-/m1/s1. The van der Waals surface area contributed by atoms with E-state index in [1.165, 1.54) is 6.92 Å². The monoisotopic (exact) mass is 343 g/mol. The molecule has 0 amide bonds. The van der Waals surface area contributed by atoms with E-state index in [0.29, 0.717) is 22.4 Å². The van der Waals surface area contributed by atoms with Crippen LogP contribution in [0.3, 0.4) is 0 Å². The Balaban J connectivity index is 2.19. The SMILES string of the molecule is CCOC(=O)c1c(C)[nH]c(C(=O)[C@@H](C)OC(=O)c2ccccc2)c1C. The van der Waals surface area contributed by atoms with Crippen molar-refractivity contribution in [1.29, 1.82) is 0 Å². The van der Waals surface area contributed by atoms with Crippen molar-refractivity contribution < 1.29 is 23.9 Å². The Bertz CT molecular complexity index is 792. The molecule has 0 saturated carbocycles. The van der Waals surface area contributed by atoms with Crippen LogP contribution in [0, 0.1) is 13.8 Å². The first kappa shape index (κ1) is 18.4. The third kappa shape index (κ3) is 3.96. The van der Waals surface area contributed by atoms with Gasteiger partial charge >= 0.3 is 11.9 Å². The summed E-state index contributed by atoms with van der Waals surface area (Å²) in [7, 11) is 0. The van der Waals surface area contributed by atoms with Crippen LogP contribution in [0.4, 0.5) is 0 Å². The highest BCUT2D eigenvalue weighted by Crippen LogP contribution is 2.21. The molecule has 1 aromatic carbocycles. The predicted octanol–water partition coefficient (Wildman–Crippen LogP) is 3.24. The summed E-state index contributed by atoms with van der Waals surface area (Å²) in [6.45, 7) is 6.82. The Kier molecular flexibility index (Phi) is 5.75. The molecule has 0 aliphatic heterocycles. The van der Waals surface area contributed by atoms with Crippen LogP contribution in [0.5, 0.6) is 0 Å². The van der Waals surface area contributed by atoms with Crippen molar-refractivity contribution in [2.45, 2.75) is 33.8 Å². The van der Waals surface area contributed by atoms with Crippen molar-refractivity contribution in [2.75, 3.05) is 6.61 Å². The van der Waals surface area contributed by atoms with Gasteiger partial charge in [0.05, 0.1) is 23.4 Å². The van der Waals surface area contributed by atoms with E-state index in [4.69, 9.17) is 9.47 Å². The lowest BCUT2D eigenvalue weighted by molar-refractivity contribution is 0.0316. The van der Waals surface area contributed by atoms with Crippen molar-refractivity contribution in [3.8, 4) is 0 Å². The summed E-state index contributed by atoms with van der Waals surface area (Å²) in [5.41, 5.74) is 1.99. The molecule has 2 rings (SSSR count). The van der Waals surface area contributed by atoms with E-state index in [1.807, 2.05) is 0 Å². The number of hydrogen-bond donors (Lipinski definition) is 1. The summed E-state index contributed by atoms with van der Waals surface area (Å²) >= 11 is 0. The highest BCUT2D eigenvalue weighted by molar-refractivity contribution is 6.04. The van der Waals surface area contributed by atoms with Crippen LogP contribution in [0.15, 0.2) is 30.3 Å². The third-order valence-corrected chi connectivity index (χ3v) is 3.83. The second-order valence-electron chi connectivity index (χ2n) is 5.62. The summed E-state index contributed by atoms with van der Waals surface area (Å²) in [4.78, 5) is 39.6. The molecule has 6 heteroatoms. The number of aromatic amines is 1. The molecule has 0 aliphatic rings. The number of aryl methyl sites for hydroxylation is 1. The van der Waals surface area contributed by atoms with Crippen molar-refractivity contribution in [2.24, 2.45) is 0 Å². The third-order valence-electron chi connectivity index (χ3n) is 3.83. The van der Waals surface area contributed by atoms with Crippen LogP contribution in [-0.2, 0) is 9.47 Å². The fourth-order valence-electron chi connectivity index (χ4n) is 2.57. The summed E-state index contributed by atoms with van der Waals surface area (Å²) in [6, 6.07) is 8.44. The van der Waals surface area contributed by atoms with Gasteiger partial charge in [-0.1, -0.05) is 18.2 Å². The van der Waals surface area contributed by atoms with Gasteiger partial charge < -0.3 is 14.5 Å². The quantitative estimate of drug-likeness (QED) is 0.643. The van der Waals surface area contributed by atoms with Crippen LogP contribution in [0.2, 0.25) is 0 Å². The van der Waals surface area contributed by atoms with Crippen molar-refractivity contribution in [3.05, 3.63) is 58.4 Å². The molecule has 0 spiro atoms. The Hall–Kier alpha value is -2.89. The van der Waals surface area contributed by atoms with Gasteiger partial charge in [-0.3, -0.25) is 4.79 Å². The van der Waals surface area contributed by atoms with Crippen molar-refractivity contribution in [3.63, 3.8) is 0 Å². The van der Waals surface area contributed by atoms with E-state index < -0.39 is 23.8 Å². The average molecular weight is 343 g/mol. The number of carbonyl (C=O) groups is 3. The minimum atomic E-state index is -0.987. The maximum absolute atomic E-state index is 12.6. The largest absolute Gasteiger partial charge is 0.462 e. The van der Waals surface area contributed by atoms with E-state index >= 15 is 0 Å². The highest BCUT2D eigenvalue weighted by Gasteiger charge is 2.27. The number of aromatic nitrogens is 1. The molecular weight excluding hydrogens is 322 g/mol. The molecule has 0 fully saturated rings. The number of esters is 2. The minimum absolute atomic E-state index is 0.244. The van der Waals surface area contributed by atoms with Gasteiger partial charge in [0.15, 0.2) is 6.10 Å². The normalized spacial score (nSPS) is 11.7. The molecule has 0 bridgehead atoms. The van der Waals surface area contributed by atoms with E-state index in [-0.39, 0.29) is 12.3 Å². The second kappa shape index (κ2) is 7.79. The van der Waals surface area contributed by atoms with Gasteiger partial charge in [-0.05, 0) is 45.4 Å². The van der Waals surface area contributed by atoms with Gasteiger partial charge in [-0.2, -0.15) is 0 Å². The zero-order chi connectivity index (χ0) is 18.6. The number of benzene rings is 1. The first-order chi connectivity index (χ1) is 11.9. The van der Waals surface area contributed by atoms with E-state index in [1.54, 1.807) is 51.1 Å². The van der Waals surface area contributed by atoms with Gasteiger partial charge in [-0.25, -0.2) is 9.59 Å². The van der Waals surface area contributed by atoms with Gasteiger partial charge in [0.2, 0.25) is 5.78 Å². The lowest BCUT2D eigenvalue weighted by Crippen LogP contribution is -2.25. The molecule has 1 aromatic heterocycles. The number of H-pyrrole nitrogens is 1. The molecule has 1 N–H and O–H groups in total. The number of ether oxygens (including phenoxy) is 2. The van der Waals surface area contributed by atoms with Gasteiger partial charge in [0.25, 0.3) is 0 Å². The molecule has 0 saturated heterocycles. The van der Waals surface area contributed by atoms with Crippen LogP contribution in [0.25, 0.3) is 0 Å². The van der Waals surface area contributed by atoms with E-state index in [0.717, 1.165) is 0 Å². The molecule has 0 unspecified atom stereocenters. The van der Waals surface area contributed by atoms with Crippen molar-refractivity contribution >= 4 is 17.7 Å². The summed E-state index contributed by atoms with van der Waals surface area (Å²) in [6.07, 6.45) is -0.987. The molecule has 132 valence electrons. The number of carbonyl (C=O) groups excluding carboxylic acids is 3. The zero-order valence-electron chi connectivity index (χ0n) is 14.7. The molecule has 0 radical (unpaired) electrons. The first-order valence-corrected chi connectivity index (χ1v) is 8.03. The minimum Gasteiger partial charge on any atom is -0.462 e. The van der Waals surface area contributed by atoms with Crippen LogP contribution >= 0.6 is 0 Å². The topological polar surface area (TPSA) is 85.5 Å². The maximum atomic E-state index is 12.6. The van der Waals surface area contributed by atoms with Crippen LogP contribution in [-0.4, -0.2) is 35.4 Å². The lowest BCUT2D eigenvalue weighted by atomic mass is 10.1. The number of Topliss-reactive ketones (excluding diaryl/α,β-unsaturated/α-hetero) is 1. The number of hydrogen-bond acceptors (Lipinski definition) is 5. The Labute approximate surface area is 146 Å². The Morgan fingerprint density at radius 2 is 1.72 bits per heavy atom. The molecule has 1 atom stereocenters. The predicted molar refractivity (Wildman–Crippen MR) is 91.9 cm³/mol. The van der Waals surface area contributed by atoms with E-state index in [2.05, 4.69) is 4.98 Å². The zero-order valence-corrected chi connectivity index (χ0v) is 14.7. The first-order valence-electron chi connectivity index (χ1n) is 8.03. The summed E-state index contributed by atoms with van der Waals surface area (Å²) < 4.78 is 10.3. The number of rotatable bonds is 6. The van der Waals surface area contributed by atoms with Gasteiger partial charge in [0.1, 0.15) is 0 Å². The highest BCUT2D eigenvalue weighted by atomic mass is 16.5. The molecule has 2 aromatic rings. The number of nitrogens with one attached hydrogen (secondary N) is 1. The molecule has 25 heavy (non-hydrogen) atoms. The van der Waals surface area contributed by atoms with Crippen molar-refractivity contribution in [1.82, 2.24) is 4.98 Å². The van der Waals surface area contributed by atoms with Gasteiger partial charge in [-0.15, -0.1) is 0 Å². The molecular formula is C19H21NO5.